The lowest BCUT2D eigenvalue weighted by Crippen LogP contribution is -2.06. The first-order chi connectivity index (χ1) is 10.6. The third-order valence-electron chi connectivity index (χ3n) is 2.80. The van der Waals surface area contributed by atoms with Crippen molar-refractivity contribution in [3.8, 4) is 11.5 Å². The van der Waals surface area contributed by atoms with E-state index in [1.165, 1.54) is 6.92 Å². The van der Waals surface area contributed by atoms with Crippen LogP contribution in [-0.4, -0.2) is 31.9 Å². The summed E-state index contributed by atoms with van der Waals surface area (Å²) in [6.45, 7) is 4.27. The van der Waals surface area contributed by atoms with Crippen LogP contribution in [0.3, 0.4) is 0 Å². The third kappa shape index (κ3) is 5.40. The van der Waals surface area contributed by atoms with Crippen LogP contribution in [0.4, 0.5) is 0 Å². The number of hydrogen-bond donors (Lipinski definition) is 0. The van der Waals surface area contributed by atoms with Gasteiger partial charge in [-0.1, -0.05) is 6.08 Å². The van der Waals surface area contributed by atoms with E-state index in [4.69, 9.17) is 9.47 Å². The highest BCUT2D eigenvalue weighted by molar-refractivity contribution is 5.90. The Morgan fingerprint density at radius 3 is 2.55 bits per heavy atom. The number of ketones is 1. The number of benzene rings is 1. The Balaban J connectivity index is 2.95. The highest BCUT2D eigenvalue weighted by Crippen LogP contribution is 2.32. The van der Waals surface area contributed by atoms with Gasteiger partial charge in [-0.15, -0.1) is 0 Å². The van der Waals surface area contributed by atoms with E-state index in [2.05, 4.69) is 4.74 Å². The van der Waals surface area contributed by atoms with E-state index >= 15 is 0 Å². The van der Waals surface area contributed by atoms with Crippen LogP contribution in [0.25, 0.3) is 5.57 Å². The molecule has 1 aromatic carbocycles. The monoisotopic (exact) mass is 306 g/mol. The Bertz CT molecular complexity index is 562. The molecule has 0 atom stereocenters. The van der Waals surface area contributed by atoms with Crippen LogP contribution in [0, 0.1) is 0 Å². The number of carbonyl (C=O) groups is 3. The van der Waals surface area contributed by atoms with E-state index in [0.29, 0.717) is 30.0 Å². The van der Waals surface area contributed by atoms with Crippen LogP contribution in [-0.2, 0) is 19.1 Å². The molecule has 0 fully saturated rings. The minimum Gasteiger partial charge on any atom is -0.490 e. The lowest BCUT2D eigenvalue weighted by atomic mass is 9.99. The van der Waals surface area contributed by atoms with Crippen molar-refractivity contribution in [2.75, 3.05) is 13.2 Å². The van der Waals surface area contributed by atoms with Gasteiger partial charge in [0.1, 0.15) is 30.5 Å². The fourth-order valence-corrected chi connectivity index (χ4v) is 1.88. The van der Waals surface area contributed by atoms with E-state index in [0.717, 1.165) is 5.57 Å². The average molecular weight is 306 g/mol. The quantitative estimate of drug-likeness (QED) is 0.487. The van der Waals surface area contributed by atoms with Gasteiger partial charge in [-0.25, -0.2) is 0 Å². The van der Waals surface area contributed by atoms with Crippen molar-refractivity contribution >= 4 is 24.3 Å². The van der Waals surface area contributed by atoms with Gasteiger partial charge in [0.15, 0.2) is 0 Å². The fourth-order valence-electron chi connectivity index (χ4n) is 1.88. The molecule has 0 aliphatic heterocycles. The molecule has 0 radical (unpaired) electrons. The molecule has 0 aliphatic rings. The smallest absolute Gasteiger partial charge is 0.298 e. The van der Waals surface area contributed by atoms with Gasteiger partial charge in [-0.3, -0.25) is 14.4 Å². The first-order valence-electron chi connectivity index (χ1n) is 6.69. The molecule has 0 aliphatic carbocycles. The summed E-state index contributed by atoms with van der Waals surface area (Å²) in [5.74, 6) is 0.781. The van der Waals surface area contributed by atoms with Crippen LogP contribution in [0.1, 0.15) is 25.8 Å². The minimum atomic E-state index is 0.0106. The fraction of sp³-hybridized carbons (Fsp3) is 0.312. The van der Waals surface area contributed by atoms with Gasteiger partial charge in [0.25, 0.3) is 12.9 Å². The zero-order chi connectivity index (χ0) is 16.4. The molecule has 118 valence electrons. The number of Topliss-reactive ketones (excluding diaryl/α,β-unsaturated/α-hetero) is 1. The first kappa shape index (κ1) is 17.4. The molecule has 1 rings (SSSR count). The predicted octanol–water partition coefficient (Wildman–Crippen LogP) is 2.16. The molecule has 6 heteroatoms. The van der Waals surface area contributed by atoms with Crippen LogP contribution in [0.15, 0.2) is 24.3 Å². The molecule has 0 N–H and O–H groups in total. The van der Waals surface area contributed by atoms with E-state index in [1.54, 1.807) is 24.3 Å². The maximum absolute atomic E-state index is 11.3. The van der Waals surface area contributed by atoms with E-state index in [1.807, 2.05) is 6.92 Å². The van der Waals surface area contributed by atoms with E-state index in [9.17, 15) is 14.4 Å². The minimum absolute atomic E-state index is 0.0106. The van der Waals surface area contributed by atoms with Crippen LogP contribution in [0.2, 0.25) is 0 Å². The largest absolute Gasteiger partial charge is 0.490 e. The van der Waals surface area contributed by atoms with Gasteiger partial charge < -0.3 is 14.2 Å². The lowest BCUT2D eigenvalue weighted by Gasteiger charge is -2.13. The Hall–Kier alpha value is -2.63. The molecule has 1 aromatic rings. The lowest BCUT2D eigenvalue weighted by molar-refractivity contribution is -0.129. The zero-order valence-electron chi connectivity index (χ0n) is 12.5. The molecule has 0 saturated heterocycles. The topological polar surface area (TPSA) is 78.9 Å². The number of allylic oxidation sites excluding steroid dienone is 2. The average Bonchev–Trinajstić information content (AvgIpc) is 2.50. The first-order valence-corrected chi connectivity index (χ1v) is 6.69. The third-order valence-corrected chi connectivity index (χ3v) is 2.80. The summed E-state index contributed by atoms with van der Waals surface area (Å²) in [6, 6.07) is 4.96. The number of ether oxygens (including phenoxy) is 3. The highest BCUT2D eigenvalue weighted by Gasteiger charge is 2.12. The summed E-state index contributed by atoms with van der Waals surface area (Å²) in [5.41, 5.74) is 1.42. The summed E-state index contributed by atoms with van der Waals surface area (Å²) in [4.78, 5) is 32.0. The highest BCUT2D eigenvalue weighted by atomic mass is 16.5. The van der Waals surface area contributed by atoms with Crippen LogP contribution < -0.4 is 9.47 Å². The number of rotatable bonds is 10. The van der Waals surface area contributed by atoms with Gasteiger partial charge in [0.2, 0.25) is 0 Å². The van der Waals surface area contributed by atoms with E-state index in [-0.39, 0.29) is 25.4 Å². The summed E-state index contributed by atoms with van der Waals surface area (Å²) >= 11 is 0. The molecular formula is C16H18O6. The molecule has 0 aromatic heterocycles. The molecule has 22 heavy (non-hydrogen) atoms. The van der Waals surface area contributed by atoms with Crippen molar-refractivity contribution < 1.29 is 28.6 Å². The van der Waals surface area contributed by atoms with Crippen molar-refractivity contribution in [3.05, 3.63) is 29.8 Å². The Kier molecular flexibility index (Phi) is 7.39. The Morgan fingerprint density at radius 2 is 1.95 bits per heavy atom. The van der Waals surface area contributed by atoms with Crippen molar-refractivity contribution in [1.82, 2.24) is 0 Å². The molecule has 0 unspecified atom stereocenters. The molecular weight excluding hydrogens is 288 g/mol. The summed E-state index contributed by atoms with van der Waals surface area (Å²) in [7, 11) is 0. The van der Waals surface area contributed by atoms with Crippen LogP contribution in [0.5, 0.6) is 11.5 Å². The Labute approximate surface area is 128 Å². The van der Waals surface area contributed by atoms with Crippen molar-refractivity contribution in [2.45, 2.75) is 20.3 Å². The molecule has 0 amide bonds. The van der Waals surface area contributed by atoms with Crippen molar-refractivity contribution in [2.24, 2.45) is 0 Å². The normalized spacial score (nSPS) is 10.7. The molecule has 6 nitrogen and oxygen atoms in total. The predicted molar refractivity (Wildman–Crippen MR) is 79.6 cm³/mol. The zero-order valence-corrected chi connectivity index (χ0v) is 12.5. The maximum Gasteiger partial charge on any atom is 0.298 e. The van der Waals surface area contributed by atoms with E-state index < -0.39 is 0 Å². The van der Waals surface area contributed by atoms with Crippen molar-refractivity contribution in [1.29, 1.82) is 0 Å². The second kappa shape index (κ2) is 9.33. The van der Waals surface area contributed by atoms with Gasteiger partial charge in [-0.2, -0.15) is 0 Å². The second-order valence-corrected chi connectivity index (χ2v) is 4.38. The van der Waals surface area contributed by atoms with Crippen molar-refractivity contribution in [3.63, 3.8) is 0 Å². The standard InChI is InChI=1S/C16H18O6/c1-3-13(8-12(2)19)15-5-4-14(9-16(15)22-11-18)21-7-6-20-10-17/h3-5,9-11H,6-8H2,1-2H3/b13-3-. The molecule has 0 spiro atoms. The SMILES string of the molecule is C/C=C(/CC(C)=O)c1ccc(OCCOC=O)cc1OC=O. The van der Waals surface area contributed by atoms with Gasteiger partial charge in [0.05, 0.1) is 0 Å². The van der Waals surface area contributed by atoms with Gasteiger partial charge in [0, 0.05) is 18.1 Å². The number of carbonyl (C=O) groups excluding carboxylic acids is 3. The van der Waals surface area contributed by atoms with Gasteiger partial charge in [-0.05, 0) is 31.6 Å². The maximum atomic E-state index is 11.3. The van der Waals surface area contributed by atoms with Crippen LogP contribution >= 0.6 is 0 Å². The summed E-state index contributed by atoms with van der Waals surface area (Å²) < 4.78 is 14.9. The van der Waals surface area contributed by atoms with Gasteiger partial charge >= 0.3 is 0 Å². The molecule has 0 bridgehead atoms. The molecule has 0 saturated carbocycles. The second-order valence-electron chi connectivity index (χ2n) is 4.38. The molecule has 0 heterocycles. The summed E-state index contributed by atoms with van der Waals surface area (Å²) in [6.07, 6.45) is 2.05. The Morgan fingerprint density at radius 1 is 1.18 bits per heavy atom. The number of hydrogen-bond acceptors (Lipinski definition) is 6. The summed E-state index contributed by atoms with van der Waals surface area (Å²) in [5, 5.41) is 0.